The predicted molar refractivity (Wildman–Crippen MR) is 81.2 cm³/mol. The van der Waals surface area contributed by atoms with Gasteiger partial charge in [0.25, 0.3) is 0 Å². The van der Waals surface area contributed by atoms with Crippen LogP contribution in [-0.2, 0) is 4.79 Å². The highest BCUT2D eigenvalue weighted by atomic mass is 16.4. The molecule has 5 nitrogen and oxygen atoms in total. The molecule has 1 N–H and O–H groups in total. The van der Waals surface area contributed by atoms with Crippen molar-refractivity contribution in [3.63, 3.8) is 0 Å². The van der Waals surface area contributed by atoms with E-state index in [1.165, 1.54) is 6.42 Å². The molecule has 0 aliphatic carbocycles. The molecule has 0 bridgehead atoms. The van der Waals surface area contributed by atoms with E-state index in [9.17, 15) is 9.59 Å². The maximum Gasteiger partial charge on any atom is 0.320 e. The molecule has 2 fully saturated rings. The molecule has 2 heterocycles. The lowest BCUT2D eigenvalue weighted by atomic mass is 9.84. The molecule has 1 atom stereocenters. The lowest BCUT2D eigenvalue weighted by molar-refractivity contribution is -0.137. The summed E-state index contributed by atoms with van der Waals surface area (Å²) in [6.45, 7) is 7.68. The van der Waals surface area contributed by atoms with Crippen molar-refractivity contribution in [2.24, 2.45) is 11.3 Å². The third-order valence-corrected chi connectivity index (χ3v) is 4.73. The molecule has 2 rings (SSSR count). The van der Waals surface area contributed by atoms with Gasteiger partial charge in [-0.05, 0) is 43.4 Å². The van der Waals surface area contributed by atoms with Crippen molar-refractivity contribution in [3.8, 4) is 0 Å². The van der Waals surface area contributed by atoms with Gasteiger partial charge < -0.3 is 14.9 Å². The smallest absolute Gasteiger partial charge is 0.320 e. The van der Waals surface area contributed by atoms with Crippen LogP contribution in [0, 0.1) is 11.3 Å². The Labute approximate surface area is 127 Å². The number of piperidine rings is 2. The van der Waals surface area contributed by atoms with Crippen LogP contribution in [0.2, 0.25) is 0 Å². The highest BCUT2D eigenvalue weighted by Gasteiger charge is 2.33. The first-order chi connectivity index (χ1) is 9.87. The van der Waals surface area contributed by atoms with E-state index in [1.54, 1.807) is 0 Å². The van der Waals surface area contributed by atoms with E-state index in [4.69, 9.17) is 5.11 Å². The Hall–Kier alpha value is -1.26. The highest BCUT2D eigenvalue weighted by molar-refractivity contribution is 5.74. The minimum Gasteiger partial charge on any atom is -0.481 e. The first kappa shape index (κ1) is 16.1. The number of likely N-dealkylation sites (tertiary alicyclic amines) is 2. The quantitative estimate of drug-likeness (QED) is 0.871. The Morgan fingerprint density at radius 1 is 1.19 bits per heavy atom. The molecule has 2 aliphatic heterocycles. The number of hydrogen-bond donors (Lipinski definition) is 1. The number of nitrogens with zero attached hydrogens (tertiary/aromatic N) is 2. The fraction of sp³-hybridized carbons (Fsp3) is 0.875. The molecule has 0 aromatic heterocycles. The minimum atomic E-state index is -0.740. The molecule has 120 valence electrons. The van der Waals surface area contributed by atoms with Gasteiger partial charge in [0.15, 0.2) is 0 Å². The Balaban J connectivity index is 1.88. The topological polar surface area (TPSA) is 60.9 Å². The number of carboxylic acids is 1. The molecule has 0 spiro atoms. The summed E-state index contributed by atoms with van der Waals surface area (Å²) in [5.74, 6) is -0.396. The Kier molecular flexibility index (Phi) is 5.12. The van der Waals surface area contributed by atoms with Gasteiger partial charge in [0.05, 0.1) is 0 Å². The van der Waals surface area contributed by atoms with Crippen molar-refractivity contribution in [2.45, 2.75) is 52.4 Å². The maximum absolute atomic E-state index is 12.7. The lowest BCUT2D eigenvalue weighted by Gasteiger charge is -2.42. The van der Waals surface area contributed by atoms with Gasteiger partial charge in [0.1, 0.15) is 0 Å². The van der Waals surface area contributed by atoms with Gasteiger partial charge >= 0.3 is 12.0 Å². The summed E-state index contributed by atoms with van der Waals surface area (Å²) in [7, 11) is 0. The zero-order valence-electron chi connectivity index (χ0n) is 13.3. The van der Waals surface area contributed by atoms with Gasteiger partial charge in [-0.3, -0.25) is 4.79 Å². The van der Waals surface area contributed by atoms with Crippen LogP contribution in [0.1, 0.15) is 52.4 Å². The Morgan fingerprint density at radius 2 is 1.90 bits per heavy atom. The number of hydrogen-bond acceptors (Lipinski definition) is 2. The highest BCUT2D eigenvalue weighted by Crippen LogP contribution is 2.30. The van der Waals surface area contributed by atoms with E-state index in [0.29, 0.717) is 12.3 Å². The number of carboxylic acid groups (broad SMARTS) is 1. The number of carbonyl (C=O) groups is 2. The number of aliphatic carboxylic acids is 1. The fourth-order valence-corrected chi connectivity index (χ4v) is 3.59. The van der Waals surface area contributed by atoms with Gasteiger partial charge in [-0.1, -0.05) is 13.8 Å². The average molecular weight is 296 g/mol. The summed E-state index contributed by atoms with van der Waals surface area (Å²) < 4.78 is 0. The second-order valence-corrected chi connectivity index (χ2v) is 7.36. The average Bonchev–Trinajstić information content (AvgIpc) is 2.43. The van der Waals surface area contributed by atoms with Crippen molar-refractivity contribution in [1.29, 1.82) is 0 Å². The number of urea groups is 1. The standard InChI is InChI=1S/C16H28N2O3/c1-16(2)8-4-10-18(12-16)15(21)17-9-3-5-13(11-17)6-7-14(19)20/h13H,3-12H2,1-2H3,(H,19,20). The van der Waals surface area contributed by atoms with Crippen LogP contribution in [0.4, 0.5) is 4.79 Å². The molecule has 5 heteroatoms. The van der Waals surface area contributed by atoms with E-state index in [0.717, 1.165) is 45.4 Å². The summed E-state index contributed by atoms with van der Waals surface area (Å²) in [6, 6.07) is 0.155. The Bertz CT molecular complexity index is 395. The number of carbonyl (C=O) groups excluding carboxylic acids is 1. The summed E-state index contributed by atoms with van der Waals surface area (Å²) in [4.78, 5) is 27.3. The molecule has 0 saturated carbocycles. The predicted octanol–water partition coefficient (Wildman–Crippen LogP) is 2.81. The van der Waals surface area contributed by atoms with E-state index < -0.39 is 5.97 Å². The minimum absolute atomic E-state index is 0.155. The number of rotatable bonds is 3. The van der Waals surface area contributed by atoms with Crippen LogP contribution in [0.5, 0.6) is 0 Å². The van der Waals surface area contributed by atoms with Crippen molar-refractivity contribution < 1.29 is 14.7 Å². The second kappa shape index (κ2) is 6.67. The van der Waals surface area contributed by atoms with E-state index >= 15 is 0 Å². The molecular weight excluding hydrogens is 268 g/mol. The van der Waals surface area contributed by atoms with Crippen molar-refractivity contribution in [2.75, 3.05) is 26.2 Å². The van der Waals surface area contributed by atoms with Crippen molar-refractivity contribution >= 4 is 12.0 Å². The zero-order valence-corrected chi connectivity index (χ0v) is 13.3. The molecular formula is C16H28N2O3. The molecule has 21 heavy (non-hydrogen) atoms. The maximum atomic E-state index is 12.7. The first-order valence-corrected chi connectivity index (χ1v) is 8.13. The lowest BCUT2D eigenvalue weighted by Crippen LogP contribution is -2.52. The van der Waals surface area contributed by atoms with Crippen LogP contribution >= 0.6 is 0 Å². The van der Waals surface area contributed by atoms with Crippen LogP contribution in [0.25, 0.3) is 0 Å². The van der Waals surface area contributed by atoms with Crippen LogP contribution < -0.4 is 0 Å². The molecule has 2 amide bonds. The Morgan fingerprint density at radius 3 is 2.57 bits per heavy atom. The summed E-state index contributed by atoms with van der Waals surface area (Å²) >= 11 is 0. The molecule has 0 radical (unpaired) electrons. The van der Waals surface area contributed by atoms with E-state index in [1.807, 2.05) is 9.80 Å². The SMILES string of the molecule is CC1(C)CCCN(C(=O)N2CCCC(CCC(=O)O)C2)C1. The first-order valence-electron chi connectivity index (χ1n) is 8.13. The van der Waals surface area contributed by atoms with Crippen LogP contribution in [-0.4, -0.2) is 53.1 Å². The monoisotopic (exact) mass is 296 g/mol. The summed E-state index contributed by atoms with van der Waals surface area (Å²) in [5, 5.41) is 8.79. The van der Waals surface area contributed by atoms with Gasteiger partial charge in [-0.15, -0.1) is 0 Å². The third kappa shape index (κ3) is 4.61. The van der Waals surface area contributed by atoms with Crippen LogP contribution in [0.3, 0.4) is 0 Å². The van der Waals surface area contributed by atoms with E-state index in [-0.39, 0.29) is 17.9 Å². The zero-order chi connectivity index (χ0) is 15.5. The fourth-order valence-electron chi connectivity index (χ4n) is 3.59. The second-order valence-electron chi connectivity index (χ2n) is 7.36. The van der Waals surface area contributed by atoms with Gasteiger partial charge in [-0.2, -0.15) is 0 Å². The molecule has 0 aromatic carbocycles. The van der Waals surface area contributed by atoms with E-state index in [2.05, 4.69) is 13.8 Å². The van der Waals surface area contributed by atoms with Crippen LogP contribution in [0.15, 0.2) is 0 Å². The molecule has 2 saturated heterocycles. The normalized spacial score (nSPS) is 25.7. The van der Waals surface area contributed by atoms with Crippen molar-refractivity contribution in [3.05, 3.63) is 0 Å². The molecule has 2 aliphatic rings. The van der Waals surface area contributed by atoms with Gasteiger partial charge in [-0.25, -0.2) is 4.79 Å². The molecule has 1 unspecified atom stereocenters. The summed E-state index contributed by atoms with van der Waals surface area (Å²) in [6.07, 6.45) is 5.19. The van der Waals surface area contributed by atoms with Gasteiger partial charge in [0, 0.05) is 32.6 Å². The number of amides is 2. The summed E-state index contributed by atoms with van der Waals surface area (Å²) in [5.41, 5.74) is 0.215. The molecule has 0 aromatic rings. The van der Waals surface area contributed by atoms with Crippen molar-refractivity contribution in [1.82, 2.24) is 9.80 Å². The third-order valence-electron chi connectivity index (χ3n) is 4.73. The van der Waals surface area contributed by atoms with Gasteiger partial charge in [0.2, 0.25) is 0 Å². The largest absolute Gasteiger partial charge is 0.481 e.